The molecule has 0 unspecified atom stereocenters. The molecule has 4 heterocycles. The monoisotopic (exact) mass is 421 g/mol. The van der Waals surface area contributed by atoms with E-state index in [1.165, 1.54) is 18.3 Å². The highest BCUT2D eigenvalue weighted by atomic mass is 19.1. The van der Waals surface area contributed by atoms with Gasteiger partial charge in [-0.3, -0.25) is 10.1 Å². The smallest absolute Gasteiger partial charge is 0.138 e. The fraction of sp³-hybridized carbons (Fsp3) is 0. The third-order valence-corrected chi connectivity index (χ3v) is 5.56. The van der Waals surface area contributed by atoms with Gasteiger partial charge in [0.2, 0.25) is 0 Å². The van der Waals surface area contributed by atoms with E-state index in [4.69, 9.17) is 0 Å². The number of aromatic hydroxyl groups is 1. The predicted molar refractivity (Wildman–Crippen MR) is 121 cm³/mol. The van der Waals surface area contributed by atoms with E-state index in [0.717, 1.165) is 55.6 Å². The maximum absolute atomic E-state index is 13.4. The summed E-state index contributed by atoms with van der Waals surface area (Å²) in [7, 11) is 0. The molecule has 0 bridgehead atoms. The second-order valence-corrected chi connectivity index (χ2v) is 7.58. The van der Waals surface area contributed by atoms with E-state index in [1.807, 2.05) is 30.3 Å². The van der Waals surface area contributed by atoms with Crippen molar-refractivity contribution in [1.82, 2.24) is 25.1 Å². The van der Waals surface area contributed by atoms with Crippen molar-refractivity contribution in [3.63, 3.8) is 0 Å². The molecule has 6 rings (SSSR count). The number of hydrogen-bond donors (Lipinski definition) is 3. The van der Waals surface area contributed by atoms with Gasteiger partial charge in [-0.15, -0.1) is 0 Å². The first-order valence-electron chi connectivity index (χ1n) is 10.0. The van der Waals surface area contributed by atoms with Gasteiger partial charge in [0.05, 0.1) is 17.4 Å². The fourth-order valence-electron chi connectivity index (χ4n) is 4.02. The largest absolute Gasteiger partial charge is 0.506 e. The lowest BCUT2D eigenvalue weighted by molar-refractivity contribution is 0.473. The van der Waals surface area contributed by atoms with Crippen LogP contribution in [0.15, 0.2) is 79.3 Å². The number of aromatic nitrogens is 5. The van der Waals surface area contributed by atoms with Crippen LogP contribution in [-0.2, 0) is 0 Å². The van der Waals surface area contributed by atoms with Crippen LogP contribution in [0.5, 0.6) is 5.75 Å². The summed E-state index contributed by atoms with van der Waals surface area (Å²) in [5.74, 6) is -0.153. The number of benzene rings is 2. The van der Waals surface area contributed by atoms with Gasteiger partial charge in [-0.1, -0.05) is 18.2 Å². The van der Waals surface area contributed by atoms with Crippen molar-refractivity contribution in [3.8, 4) is 39.4 Å². The number of hydrogen-bond acceptors (Lipinski definition) is 4. The van der Waals surface area contributed by atoms with Crippen LogP contribution in [0.2, 0.25) is 0 Å². The van der Waals surface area contributed by atoms with Gasteiger partial charge >= 0.3 is 0 Å². The maximum Gasteiger partial charge on any atom is 0.138 e. The summed E-state index contributed by atoms with van der Waals surface area (Å²) in [5.41, 5.74) is 6.81. The van der Waals surface area contributed by atoms with E-state index >= 15 is 0 Å². The fourth-order valence-corrected chi connectivity index (χ4v) is 4.02. The highest BCUT2D eigenvalue weighted by molar-refractivity contribution is 6.00. The Morgan fingerprint density at radius 1 is 0.812 bits per heavy atom. The lowest BCUT2D eigenvalue weighted by atomic mass is 10.0. The molecule has 0 aliphatic heterocycles. The summed E-state index contributed by atoms with van der Waals surface area (Å²) < 4.78 is 13.4. The minimum Gasteiger partial charge on any atom is -0.506 e. The lowest BCUT2D eigenvalue weighted by Gasteiger charge is -2.03. The quantitative estimate of drug-likeness (QED) is 0.343. The van der Waals surface area contributed by atoms with Crippen molar-refractivity contribution >= 4 is 21.9 Å². The van der Waals surface area contributed by atoms with Crippen LogP contribution in [0.25, 0.3) is 55.6 Å². The highest BCUT2D eigenvalue weighted by Crippen LogP contribution is 2.34. The molecule has 0 saturated carbocycles. The molecule has 0 amide bonds. The van der Waals surface area contributed by atoms with Gasteiger partial charge in [0.25, 0.3) is 0 Å². The minimum absolute atomic E-state index is 0.116. The zero-order chi connectivity index (χ0) is 21.7. The van der Waals surface area contributed by atoms with E-state index < -0.39 is 0 Å². The molecule has 7 heteroatoms. The Kier molecular flexibility index (Phi) is 4.01. The summed E-state index contributed by atoms with van der Waals surface area (Å²) in [6.07, 6.45) is 4.85. The maximum atomic E-state index is 13.4. The molecule has 0 spiro atoms. The van der Waals surface area contributed by atoms with Crippen molar-refractivity contribution in [2.45, 2.75) is 0 Å². The second kappa shape index (κ2) is 7.02. The zero-order valence-corrected chi connectivity index (χ0v) is 16.7. The average molecular weight is 421 g/mol. The molecular formula is C25H16FN5O. The summed E-state index contributed by atoms with van der Waals surface area (Å²) >= 11 is 0. The molecule has 6 aromatic rings. The molecule has 4 aromatic heterocycles. The van der Waals surface area contributed by atoms with Crippen molar-refractivity contribution in [2.24, 2.45) is 0 Å². The molecule has 0 fully saturated rings. The second-order valence-electron chi connectivity index (χ2n) is 7.58. The molecule has 0 aliphatic rings. The van der Waals surface area contributed by atoms with Gasteiger partial charge in [0, 0.05) is 28.7 Å². The SMILES string of the molecule is Oc1cncc(-c2ccc3[nH]nc(-c4cc5c(-c6ccc(F)cc6)ccnc5[nH]4)c3c2)c1. The number of nitrogens with one attached hydrogen (secondary N) is 2. The van der Waals surface area contributed by atoms with Crippen LogP contribution in [0.4, 0.5) is 4.39 Å². The minimum atomic E-state index is -0.269. The number of fused-ring (bicyclic) bond motifs is 2. The van der Waals surface area contributed by atoms with Crippen molar-refractivity contribution in [2.75, 3.05) is 0 Å². The Morgan fingerprint density at radius 3 is 2.50 bits per heavy atom. The predicted octanol–water partition coefficient (Wildman–Crippen LogP) is 5.68. The van der Waals surface area contributed by atoms with E-state index in [2.05, 4.69) is 25.1 Å². The van der Waals surface area contributed by atoms with Crippen LogP contribution >= 0.6 is 0 Å². The number of aromatic amines is 2. The standard InChI is InChI=1S/C25H16FN5O/c26-17-4-1-14(2-5-17)19-7-8-28-25-20(19)11-23(29-25)24-21-10-15(3-6-22(21)30-31-24)16-9-18(32)13-27-12-16/h1-13,32H,(H,28,29)(H,30,31). The van der Waals surface area contributed by atoms with Crippen LogP contribution in [0.1, 0.15) is 0 Å². The number of H-pyrrole nitrogens is 2. The summed E-state index contributed by atoms with van der Waals surface area (Å²) in [6.45, 7) is 0. The first-order valence-corrected chi connectivity index (χ1v) is 10.0. The van der Waals surface area contributed by atoms with Gasteiger partial charge < -0.3 is 10.1 Å². The zero-order valence-electron chi connectivity index (χ0n) is 16.7. The lowest BCUT2D eigenvalue weighted by Crippen LogP contribution is -1.83. The third kappa shape index (κ3) is 2.99. The van der Waals surface area contributed by atoms with Crippen molar-refractivity contribution in [1.29, 1.82) is 0 Å². The van der Waals surface area contributed by atoms with E-state index in [0.29, 0.717) is 0 Å². The van der Waals surface area contributed by atoms with E-state index in [1.54, 1.807) is 30.6 Å². The number of pyridine rings is 2. The van der Waals surface area contributed by atoms with Gasteiger partial charge in [-0.05, 0) is 59.2 Å². The number of rotatable bonds is 3. The topological polar surface area (TPSA) is 90.5 Å². The molecule has 2 aromatic carbocycles. The van der Waals surface area contributed by atoms with Crippen LogP contribution in [0.3, 0.4) is 0 Å². The highest BCUT2D eigenvalue weighted by Gasteiger charge is 2.15. The molecular weight excluding hydrogens is 405 g/mol. The van der Waals surface area contributed by atoms with Crippen molar-refractivity contribution in [3.05, 3.63) is 85.1 Å². The molecule has 6 nitrogen and oxygen atoms in total. The Hall–Kier alpha value is -4.52. The van der Waals surface area contributed by atoms with Gasteiger partial charge in [-0.25, -0.2) is 9.37 Å². The molecule has 0 radical (unpaired) electrons. The Morgan fingerprint density at radius 2 is 1.66 bits per heavy atom. The van der Waals surface area contributed by atoms with Crippen LogP contribution in [-0.4, -0.2) is 30.3 Å². The first kappa shape index (κ1) is 18.3. The molecule has 0 atom stereocenters. The number of halogens is 1. The Balaban J connectivity index is 1.50. The summed E-state index contributed by atoms with van der Waals surface area (Å²) in [4.78, 5) is 11.9. The molecule has 32 heavy (non-hydrogen) atoms. The first-order chi connectivity index (χ1) is 15.7. The third-order valence-electron chi connectivity index (χ3n) is 5.56. The van der Waals surface area contributed by atoms with Gasteiger partial charge in [0.15, 0.2) is 0 Å². The van der Waals surface area contributed by atoms with Crippen LogP contribution < -0.4 is 0 Å². The molecule has 0 aliphatic carbocycles. The van der Waals surface area contributed by atoms with Gasteiger partial charge in [0.1, 0.15) is 22.9 Å². The molecule has 0 saturated heterocycles. The Bertz CT molecular complexity index is 1600. The molecule has 3 N–H and O–H groups in total. The number of nitrogens with zero attached hydrogens (tertiary/aromatic N) is 3. The van der Waals surface area contributed by atoms with Crippen molar-refractivity contribution < 1.29 is 9.50 Å². The summed E-state index contributed by atoms with van der Waals surface area (Å²) in [5, 5.41) is 19.2. The normalized spacial score (nSPS) is 11.4. The summed E-state index contributed by atoms with van der Waals surface area (Å²) in [6, 6.07) is 18.0. The van der Waals surface area contributed by atoms with E-state index in [-0.39, 0.29) is 11.6 Å². The van der Waals surface area contributed by atoms with E-state index in [9.17, 15) is 9.50 Å². The molecule has 154 valence electrons. The Labute approximate surface area is 181 Å². The average Bonchev–Trinajstić information content (AvgIpc) is 3.43. The van der Waals surface area contributed by atoms with Gasteiger partial charge in [-0.2, -0.15) is 5.10 Å². The van der Waals surface area contributed by atoms with Crippen LogP contribution in [0, 0.1) is 5.82 Å².